The second kappa shape index (κ2) is 9.02. The monoisotopic (exact) mass is 190 g/mol. The molecule has 0 amide bonds. The van der Waals surface area contributed by atoms with E-state index in [-0.39, 0.29) is 26.4 Å². The molecule has 0 aliphatic rings. The third-order valence-corrected chi connectivity index (χ3v) is 0.984. The molecule has 5 heteroatoms. The average molecular weight is 190 g/mol. The number of carbonyl (C=O) groups is 1. The summed E-state index contributed by atoms with van der Waals surface area (Å²) in [7, 11) is 0. The van der Waals surface area contributed by atoms with Gasteiger partial charge in [-0.25, -0.2) is 4.79 Å². The maximum Gasteiger partial charge on any atom is 0.513 e. The highest BCUT2D eigenvalue weighted by Crippen LogP contribution is 1.86. The molecule has 0 heterocycles. The normalized spacial score (nSPS) is 10.3. The van der Waals surface area contributed by atoms with Gasteiger partial charge in [0.15, 0.2) is 0 Å². The predicted molar refractivity (Wildman–Crippen MR) is 45.2 cm³/mol. The van der Waals surface area contributed by atoms with Gasteiger partial charge in [0, 0.05) is 0 Å². The van der Waals surface area contributed by atoms with Crippen molar-refractivity contribution in [3.63, 3.8) is 0 Å². The molecule has 0 aromatic carbocycles. The highest BCUT2D eigenvalue weighted by Gasteiger charge is 1.99. The van der Waals surface area contributed by atoms with E-state index in [0.717, 1.165) is 0 Å². The number of carbonyl (C=O) groups excluding carboxylic acids is 1. The van der Waals surface area contributed by atoms with Crippen molar-refractivity contribution < 1.29 is 24.1 Å². The van der Waals surface area contributed by atoms with Gasteiger partial charge in [-0.15, -0.1) is 0 Å². The number of rotatable bonds is 6. The average Bonchev–Trinajstić information content (AvgIpc) is 2.14. The second-order valence-corrected chi connectivity index (χ2v) is 2.02. The molecule has 5 nitrogen and oxygen atoms in total. The maximum absolute atomic E-state index is 10.6. The van der Waals surface area contributed by atoms with Crippen LogP contribution in [0.4, 0.5) is 4.79 Å². The standard InChI is InChI=1S/C8H14O5/c1-2-4-12-8(10)13-7-6-11-5-3-9/h2,4,9H,3,5-7H2,1H3. The Balaban J connectivity index is 3.17. The first-order chi connectivity index (χ1) is 6.31. The van der Waals surface area contributed by atoms with Crippen LogP contribution in [0.2, 0.25) is 0 Å². The molecule has 0 radical (unpaired) electrons. The van der Waals surface area contributed by atoms with Crippen LogP contribution >= 0.6 is 0 Å². The number of hydrogen-bond donors (Lipinski definition) is 1. The van der Waals surface area contributed by atoms with Crippen LogP contribution in [0.25, 0.3) is 0 Å². The van der Waals surface area contributed by atoms with E-state index in [1.807, 2.05) is 0 Å². The number of aliphatic hydroxyl groups excluding tert-OH is 1. The summed E-state index contributed by atoms with van der Waals surface area (Å²) in [5.41, 5.74) is 0. The van der Waals surface area contributed by atoms with Crippen molar-refractivity contribution in [1.29, 1.82) is 0 Å². The van der Waals surface area contributed by atoms with Crippen LogP contribution in [0, 0.1) is 0 Å². The lowest BCUT2D eigenvalue weighted by Crippen LogP contribution is -2.11. The molecular formula is C8H14O5. The van der Waals surface area contributed by atoms with Crippen molar-refractivity contribution in [2.75, 3.05) is 26.4 Å². The molecule has 0 aliphatic carbocycles. The summed E-state index contributed by atoms with van der Waals surface area (Å²) >= 11 is 0. The molecule has 0 spiro atoms. The molecule has 0 fully saturated rings. The molecular weight excluding hydrogens is 176 g/mol. The Kier molecular flexibility index (Phi) is 8.28. The van der Waals surface area contributed by atoms with Crippen LogP contribution in [-0.2, 0) is 14.2 Å². The summed E-state index contributed by atoms with van der Waals surface area (Å²) in [5, 5.41) is 8.32. The van der Waals surface area contributed by atoms with Crippen molar-refractivity contribution in [2.24, 2.45) is 0 Å². The molecule has 0 atom stereocenters. The minimum atomic E-state index is -0.759. The van der Waals surface area contributed by atoms with Crippen molar-refractivity contribution in [3.05, 3.63) is 12.3 Å². The van der Waals surface area contributed by atoms with E-state index in [1.54, 1.807) is 13.0 Å². The predicted octanol–water partition coefficient (Wildman–Crippen LogP) is 0.682. The highest BCUT2D eigenvalue weighted by atomic mass is 16.7. The fraction of sp³-hybridized carbons (Fsp3) is 0.625. The number of ether oxygens (including phenoxy) is 3. The van der Waals surface area contributed by atoms with Crippen LogP contribution in [0.1, 0.15) is 6.92 Å². The van der Waals surface area contributed by atoms with Crippen LogP contribution in [0.3, 0.4) is 0 Å². The molecule has 0 unspecified atom stereocenters. The molecule has 13 heavy (non-hydrogen) atoms. The van der Waals surface area contributed by atoms with E-state index in [1.165, 1.54) is 6.26 Å². The Morgan fingerprint density at radius 2 is 2.15 bits per heavy atom. The Morgan fingerprint density at radius 3 is 2.77 bits per heavy atom. The van der Waals surface area contributed by atoms with Crippen LogP contribution < -0.4 is 0 Å². The third kappa shape index (κ3) is 8.84. The summed E-state index contributed by atoms with van der Waals surface area (Å²) in [6, 6.07) is 0. The van der Waals surface area contributed by atoms with Gasteiger partial charge in [-0.1, -0.05) is 6.08 Å². The summed E-state index contributed by atoms with van der Waals surface area (Å²) in [6.45, 7) is 2.30. The van der Waals surface area contributed by atoms with Gasteiger partial charge in [0.05, 0.1) is 26.1 Å². The fourth-order valence-electron chi connectivity index (χ4n) is 0.508. The number of aliphatic hydroxyl groups is 1. The van der Waals surface area contributed by atoms with Crippen molar-refractivity contribution in [1.82, 2.24) is 0 Å². The van der Waals surface area contributed by atoms with Gasteiger partial charge in [-0.2, -0.15) is 0 Å². The quantitative estimate of drug-likeness (QED) is 0.379. The minimum absolute atomic E-state index is 0.0387. The summed E-state index contributed by atoms with van der Waals surface area (Å²) < 4.78 is 13.9. The van der Waals surface area contributed by atoms with E-state index < -0.39 is 6.16 Å². The highest BCUT2D eigenvalue weighted by molar-refractivity contribution is 5.60. The number of hydrogen-bond acceptors (Lipinski definition) is 5. The Bertz CT molecular complexity index is 155. The molecule has 0 aromatic heterocycles. The first-order valence-electron chi connectivity index (χ1n) is 3.94. The molecule has 1 N–H and O–H groups in total. The molecule has 0 rings (SSSR count). The van der Waals surface area contributed by atoms with Crippen LogP contribution in [-0.4, -0.2) is 37.7 Å². The van der Waals surface area contributed by atoms with E-state index >= 15 is 0 Å². The molecule has 0 aliphatic heterocycles. The topological polar surface area (TPSA) is 65.0 Å². The molecule has 76 valence electrons. The summed E-state index contributed by atoms with van der Waals surface area (Å²) in [5.74, 6) is 0. The lowest BCUT2D eigenvalue weighted by molar-refractivity contribution is 0.0337. The summed E-state index contributed by atoms with van der Waals surface area (Å²) in [6.07, 6.45) is 2.05. The zero-order valence-electron chi connectivity index (χ0n) is 7.56. The van der Waals surface area contributed by atoms with E-state index in [0.29, 0.717) is 0 Å². The van der Waals surface area contributed by atoms with Crippen LogP contribution in [0.15, 0.2) is 12.3 Å². The Labute approximate surface area is 76.9 Å². The summed E-state index contributed by atoms with van der Waals surface area (Å²) in [4.78, 5) is 10.6. The molecule has 0 aromatic rings. The zero-order valence-corrected chi connectivity index (χ0v) is 7.56. The first-order valence-corrected chi connectivity index (χ1v) is 3.94. The van der Waals surface area contributed by atoms with Gasteiger partial charge < -0.3 is 19.3 Å². The fourth-order valence-corrected chi connectivity index (χ4v) is 0.508. The minimum Gasteiger partial charge on any atom is -0.432 e. The molecule has 0 bridgehead atoms. The SMILES string of the molecule is CC=COC(=O)OCCOCCO. The Morgan fingerprint density at radius 1 is 1.38 bits per heavy atom. The Hall–Kier alpha value is -1.07. The van der Waals surface area contributed by atoms with E-state index in [2.05, 4.69) is 9.47 Å². The van der Waals surface area contributed by atoms with Gasteiger partial charge in [0.1, 0.15) is 6.61 Å². The molecule has 0 saturated carbocycles. The van der Waals surface area contributed by atoms with Gasteiger partial charge in [-0.05, 0) is 6.92 Å². The number of allylic oxidation sites excluding steroid dienone is 1. The largest absolute Gasteiger partial charge is 0.513 e. The van der Waals surface area contributed by atoms with Gasteiger partial charge >= 0.3 is 6.16 Å². The third-order valence-electron chi connectivity index (χ3n) is 0.984. The second-order valence-electron chi connectivity index (χ2n) is 2.02. The van der Waals surface area contributed by atoms with Gasteiger partial charge in [0.25, 0.3) is 0 Å². The molecule has 0 saturated heterocycles. The lowest BCUT2D eigenvalue weighted by atomic mass is 10.7. The zero-order chi connectivity index (χ0) is 9.94. The first kappa shape index (κ1) is 11.9. The van der Waals surface area contributed by atoms with E-state index in [4.69, 9.17) is 9.84 Å². The smallest absolute Gasteiger partial charge is 0.432 e. The maximum atomic E-state index is 10.6. The van der Waals surface area contributed by atoms with Gasteiger partial charge in [0.2, 0.25) is 0 Å². The lowest BCUT2D eigenvalue weighted by Gasteiger charge is -2.03. The van der Waals surface area contributed by atoms with Gasteiger partial charge in [-0.3, -0.25) is 0 Å². The van der Waals surface area contributed by atoms with Crippen molar-refractivity contribution in [2.45, 2.75) is 6.92 Å². The van der Waals surface area contributed by atoms with Crippen molar-refractivity contribution >= 4 is 6.16 Å². The van der Waals surface area contributed by atoms with E-state index in [9.17, 15) is 4.79 Å². The van der Waals surface area contributed by atoms with Crippen LogP contribution in [0.5, 0.6) is 0 Å². The van der Waals surface area contributed by atoms with Crippen molar-refractivity contribution in [3.8, 4) is 0 Å².